The summed E-state index contributed by atoms with van der Waals surface area (Å²) < 4.78 is 1.66. The molecule has 0 aromatic carbocycles. The van der Waals surface area contributed by atoms with Crippen molar-refractivity contribution in [3.63, 3.8) is 0 Å². The van der Waals surface area contributed by atoms with Crippen molar-refractivity contribution >= 4 is 11.8 Å². The number of anilines is 1. The van der Waals surface area contributed by atoms with Crippen LogP contribution < -0.4 is 10.5 Å². The van der Waals surface area contributed by atoms with Crippen LogP contribution in [0, 0.1) is 0 Å². The zero-order chi connectivity index (χ0) is 13.1. The van der Waals surface area contributed by atoms with Gasteiger partial charge in [0.15, 0.2) is 5.82 Å². The molecular formula is C12H17N3O3. The minimum absolute atomic E-state index is 0.185. The number of carboxylic acids is 1. The van der Waals surface area contributed by atoms with Crippen LogP contribution in [0.2, 0.25) is 0 Å². The van der Waals surface area contributed by atoms with Crippen molar-refractivity contribution in [1.29, 1.82) is 0 Å². The highest BCUT2D eigenvalue weighted by Crippen LogP contribution is 2.33. The highest BCUT2D eigenvalue weighted by molar-refractivity contribution is 5.73. The molecule has 1 aliphatic rings. The molecule has 1 fully saturated rings. The number of hydrogen-bond acceptors (Lipinski definition) is 4. The van der Waals surface area contributed by atoms with Crippen LogP contribution in [-0.4, -0.2) is 33.7 Å². The maximum absolute atomic E-state index is 12.2. The van der Waals surface area contributed by atoms with Gasteiger partial charge in [0.1, 0.15) is 6.54 Å². The summed E-state index contributed by atoms with van der Waals surface area (Å²) in [5.41, 5.74) is -0.185. The van der Waals surface area contributed by atoms with E-state index in [1.165, 1.54) is 4.90 Å². The van der Waals surface area contributed by atoms with E-state index in [0.29, 0.717) is 6.54 Å². The third-order valence-electron chi connectivity index (χ3n) is 2.91. The van der Waals surface area contributed by atoms with Gasteiger partial charge >= 0.3 is 5.97 Å². The Bertz CT molecular complexity index is 494. The van der Waals surface area contributed by atoms with Crippen molar-refractivity contribution < 1.29 is 9.90 Å². The van der Waals surface area contributed by atoms with E-state index in [-0.39, 0.29) is 24.0 Å². The zero-order valence-electron chi connectivity index (χ0n) is 10.4. The summed E-state index contributed by atoms with van der Waals surface area (Å²) in [7, 11) is 0. The second-order valence-corrected chi connectivity index (χ2v) is 4.51. The quantitative estimate of drug-likeness (QED) is 0.812. The molecule has 1 aromatic heterocycles. The maximum Gasteiger partial charge on any atom is 0.323 e. The fraction of sp³-hybridized carbons (Fsp3) is 0.583. The third-order valence-corrected chi connectivity index (χ3v) is 2.91. The predicted molar refractivity (Wildman–Crippen MR) is 66.9 cm³/mol. The molecule has 0 spiro atoms. The molecule has 0 saturated heterocycles. The van der Waals surface area contributed by atoms with Gasteiger partial charge in [0.05, 0.1) is 0 Å². The fourth-order valence-electron chi connectivity index (χ4n) is 1.96. The van der Waals surface area contributed by atoms with Gasteiger partial charge in [0, 0.05) is 25.0 Å². The summed E-state index contributed by atoms with van der Waals surface area (Å²) in [6, 6.07) is 0.271. The molecule has 0 aliphatic heterocycles. The SMILES string of the molecule is CCCN(CC(=O)O)c1nccn(C2CC2)c1=O. The largest absolute Gasteiger partial charge is 0.480 e. The molecule has 1 aliphatic carbocycles. The second-order valence-electron chi connectivity index (χ2n) is 4.51. The summed E-state index contributed by atoms with van der Waals surface area (Å²) in [6.07, 6.45) is 6.03. The molecule has 6 nitrogen and oxygen atoms in total. The van der Waals surface area contributed by atoms with Crippen LogP contribution in [0.15, 0.2) is 17.2 Å². The summed E-state index contributed by atoms with van der Waals surface area (Å²) in [5.74, 6) is -0.708. The first-order chi connectivity index (χ1) is 8.63. The van der Waals surface area contributed by atoms with Gasteiger partial charge in [-0.05, 0) is 19.3 Å². The molecule has 18 heavy (non-hydrogen) atoms. The van der Waals surface area contributed by atoms with Crippen LogP contribution in [0.25, 0.3) is 0 Å². The van der Waals surface area contributed by atoms with Crippen LogP contribution in [0.1, 0.15) is 32.2 Å². The minimum Gasteiger partial charge on any atom is -0.480 e. The lowest BCUT2D eigenvalue weighted by atomic mass is 10.4. The molecule has 1 N–H and O–H groups in total. The summed E-state index contributed by atoms with van der Waals surface area (Å²) in [6.45, 7) is 2.27. The highest BCUT2D eigenvalue weighted by Gasteiger charge is 2.26. The lowest BCUT2D eigenvalue weighted by Crippen LogP contribution is -2.37. The highest BCUT2D eigenvalue weighted by atomic mass is 16.4. The van der Waals surface area contributed by atoms with Crippen LogP contribution in [0.4, 0.5) is 5.82 Å². The summed E-state index contributed by atoms with van der Waals surface area (Å²) >= 11 is 0. The number of carboxylic acid groups (broad SMARTS) is 1. The van der Waals surface area contributed by atoms with E-state index < -0.39 is 5.97 Å². The smallest absolute Gasteiger partial charge is 0.323 e. The van der Waals surface area contributed by atoms with E-state index in [1.54, 1.807) is 17.0 Å². The van der Waals surface area contributed by atoms with Crippen LogP contribution in [0.3, 0.4) is 0 Å². The van der Waals surface area contributed by atoms with Crippen molar-refractivity contribution in [2.24, 2.45) is 0 Å². The Morgan fingerprint density at radius 1 is 1.61 bits per heavy atom. The Morgan fingerprint density at radius 2 is 2.33 bits per heavy atom. The molecule has 2 rings (SSSR count). The van der Waals surface area contributed by atoms with Gasteiger partial charge in [-0.15, -0.1) is 0 Å². The number of hydrogen-bond donors (Lipinski definition) is 1. The van der Waals surface area contributed by atoms with Crippen molar-refractivity contribution in [2.75, 3.05) is 18.0 Å². The standard InChI is InChI=1S/C12H17N3O3/c1-2-6-14(8-10(16)17)11-12(18)15(7-5-13-11)9-3-4-9/h5,7,9H,2-4,6,8H2,1H3,(H,16,17). The molecule has 0 atom stereocenters. The summed E-state index contributed by atoms with van der Waals surface area (Å²) in [5, 5.41) is 8.88. The first-order valence-corrected chi connectivity index (χ1v) is 6.17. The lowest BCUT2D eigenvalue weighted by Gasteiger charge is -2.20. The number of rotatable bonds is 6. The Morgan fingerprint density at radius 3 is 2.89 bits per heavy atom. The number of aliphatic carboxylic acids is 1. The van der Waals surface area contributed by atoms with E-state index in [9.17, 15) is 9.59 Å². The Balaban J connectivity index is 2.31. The Kier molecular flexibility index (Phi) is 3.64. The average Bonchev–Trinajstić information content (AvgIpc) is 3.12. The number of carbonyl (C=O) groups is 1. The number of aromatic nitrogens is 2. The van der Waals surface area contributed by atoms with Crippen molar-refractivity contribution in [3.8, 4) is 0 Å². The molecule has 0 bridgehead atoms. The van der Waals surface area contributed by atoms with E-state index in [4.69, 9.17) is 5.11 Å². The predicted octanol–water partition coefficient (Wildman–Crippen LogP) is 0.879. The average molecular weight is 251 g/mol. The lowest BCUT2D eigenvalue weighted by molar-refractivity contribution is -0.135. The van der Waals surface area contributed by atoms with Gasteiger partial charge in [-0.25, -0.2) is 4.98 Å². The first-order valence-electron chi connectivity index (χ1n) is 6.17. The van der Waals surface area contributed by atoms with Gasteiger partial charge < -0.3 is 14.6 Å². The molecule has 1 heterocycles. The van der Waals surface area contributed by atoms with Crippen LogP contribution in [-0.2, 0) is 4.79 Å². The van der Waals surface area contributed by atoms with Crippen molar-refractivity contribution in [3.05, 3.63) is 22.7 Å². The maximum atomic E-state index is 12.2. The number of nitrogens with zero attached hydrogens (tertiary/aromatic N) is 3. The molecule has 98 valence electrons. The van der Waals surface area contributed by atoms with Gasteiger partial charge in [-0.1, -0.05) is 6.92 Å². The van der Waals surface area contributed by atoms with E-state index in [0.717, 1.165) is 19.3 Å². The first kappa shape index (κ1) is 12.6. The molecule has 0 radical (unpaired) electrons. The van der Waals surface area contributed by atoms with Crippen LogP contribution >= 0.6 is 0 Å². The van der Waals surface area contributed by atoms with Crippen LogP contribution in [0.5, 0.6) is 0 Å². The third kappa shape index (κ3) is 2.69. The van der Waals surface area contributed by atoms with E-state index in [2.05, 4.69) is 4.98 Å². The normalized spacial score (nSPS) is 14.5. The Labute approximate surface area is 105 Å². The second kappa shape index (κ2) is 5.20. The zero-order valence-corrected chi connectivity index (χ0v) is 10.4. The topological polar surface area (TPSA) is 75.4 Å². The molecule has 1 aromatic rings. The summed E-state index contributed by atoms with van der Waals surface area (Å²) in [4.78, 5) is 28.6. The van der Waals surface area contributed by atoms with Crippen molar-refractivity contribution in [1.82, 2.24) is 9.55 Å². The van der Waals surface area contributed by atoms with E-state index in [1.807, 2.05) is 6.92 Å². The van der Waals surface area contributed by atoms with Gasteiger partial charge in [-0.2, -0.15) is 0 Å². The minimum atomic E-state index is -0.952. The molecule has 6 heteroatoms. The van der Waals surface area contributed by atoms with Gasteiger partial charge in [-0.3, -0.25) is 9.59 Å². The molecular weight excluding hydrogens is 234 g/mol. The fourth-order valence-corrected chi connectivity index (χ4v) is 1.96. The van der Waals surface area contributed by atoms with Gasteiger partial charge in [0.2, 0.25) is 0 Å². The van der Waals surface area contributed by atoms with Crippen molar-refractivity contribution in [2.45, 2.75) is 32.2 Å². The van der Waals surface area contributed by atoms with Gasteiger partial charge in [0.25, 0.3) is 5.56 Å². The molecule has 1 saturated carbocycles. The molecule has 0 amide bonds. The Hall–Kier alpha value is -1.85. The molecule has 0 unspecified atom stereocenters. The monoisotopic (exact) mass is 251 g/mol. The van der Waals surface area contributed by atoms with E-state index >= 15 is 0 Å².